The maximum atomic E-state index is 12.8. The van der Waals surface area contributed by atoms with Gasteiger partial charge in [0.1, 0.15) is 0 Å². The number of halogens is 2. The van der Waals surface area contributed by atoms with Gasteiger partial charge in [0.2, 0.25) is 5.92 Å². The second-order valence-electron chi connectivity index (χ2n) is 3.31. The number of rotatable bonds is 2. The van der Waals surface area contributed by atoms with Crippen molar-refractivity contribution in [2.75, 3.05) is 0 Å². The van der Waals surface area contributed by atoms with Crippen molar-refractivity contribution in [2.24, 2.45) is 5.14 Å². The first-order valence-corrected chi connectivity index (χ1v) is 5.51. The summed E-state index contributed by atoms with van der Waals surface area (Å²) in [6, 6.07) is -0.723. The third-order valence-corrected chi connectivity index (χ3v) is 2.63. The molecule has 0 aromatic carbocycles. The average molecular weight is 214 g/mol. The lowest BCUT2D eigenvalue weighted by Crippen LogP contribution is -2.44. The van der Waals surface area contributed by atoms with Gasteiger partial charge in [-0.25, -0.2) is 13.9 Å². The number of nitrogens with one attached hydrogen (secondary N) is 1. The van der Waals surface area contributed by atoms with E-state index < -0.39 is 28.6 Å². The molecule has 3 N–H and O–H groups in total. The Bertz CT molecular complexity index is 278. The van der Waals surface area contributed by atoms with Crippen LogP contribution in [0.15, 0.2) is 0 Å². The van der Waals surface area contributed by atoms with Crippen LogP contribution in [0.1, 0.15) is 25.7 Å². The molecular formula is C6H12F2N2O2S. The first kappa shape index (κ1) is 10.8. The molecule has 0 saturated heterocycles. The highest BCUT2D eigenvalue weighted by molar-refractivity contribution is 7.87. The molecule has 4 nitrogen and oxygen atoms in total. The van der Waals surface area contributed by atoms with E-state index in [1.807, 2.05) is 4.72 Å². The number of alkyl halides is 2. The predicted octanol–water partition coefficient (Wildman–Crippen LogP) is 0.357. The highest BCUT2D eigenvalue weighted by Gasteiger charge is 2.37. The Morgan fingerprint density at radius 2 is 2.08 bits per heavy atom. The fourth-order valence-corrected chi connectivity index (χ4v) is 2.17. The fourth-order valence-electron chi connectivity index (χ4n) is 1.50. The molecule has 0 heterocycles. The first-order chi connectivity index (χ1) is 5.79. The molecule has 7 heteroatoms. The van der Waals surface area contributed by atoms with Crippen LogP contribution >= 0.6 is 0 Å². The summed E-state index contributed by atoms with van der Waals surface area (Å²) in [5, 5.41) is 4.67. The van der Waals surface area contributed by atoms with E-state index in [2.05, 4.69) is 5.14 Å². The minimum atomic E-state index is -3.86. The van der Waals surface area contributed by atoms with Crippen LogP contribution in [0, 0.1) is 0 Å². The van der Waals surface area contributed by atoms with Gasteiger partial charge in [-0.15, -0.1) is 0 Å². The fraction of sp³-hybridized carbons (Fsp3) is 1.00. The molecule has 1 rings (SSSR count). The summed E-state index contributed by atoms with van der Waals surface area (Å²) in [5.41, 5.74) is 0. The summed E-state index contributed by atoms with van der Waals surface area (Å²) < 4.78 is 48.6. The SMILES string of the molecule is NS(=O)(=O)NC1CCCC(F)(F)C1. The molecule has 13 heavy (non-hydrogen) atoms. The Hall–Kier alpha value is -0.270. The lowest BCUT2D eigenvalue weighted by atomic mass is 9.93. The molecule has 1 saturated carbocycles. The Morgan fingerprint density at radius 3 is 2.54 bits per heavy atom. The topological polar surface area (TPSA) is 72.2 Å². The van der Waals surface area contributed by atoms with Gasteiger partial charge in [0.05, 0.1) is 0 Å². The zero-order valence-electron chi connectivity index (χ0n) is 6.96. The molecule has 0 aromatic heterocycles. The molecule has 78 valence electrons. The largest absolute Gasteiger partial charge is 0.274 e. The summed E-state index contributed by atoms with van der Waals surface area (Å²) >= 11 is 0. The third kappa shape index (κ3) is 3.97. The lowest BCUT2D eigenvalue weighted by molar-refractivity contribution is -0.0414. The minimum absolute atomic E-state index is 0.171. The molecule has 0 radical (unpaired) electrons. The molecule has 0 aromatic rings. The van der Waals surface area contributed by atoms with E-state index in [4.69, 9.17) is 0 Å². The second-order valence-corrected chi connectivity index (χ2v) is 4.64. The van der Waals surface area contributed by atoms with E-state index in [9.17, 15) is 17.2 Å². The monoisotopic (exact) mass is 214 g/mol. The number of hydrogen-bond donors (Lipinski definition) is 2. The highest BCUT2D eigenvalue weighted by Crippen LogP contribution is 2.33. The van der Waals surface area contributed by atoms with Crippen molar-refractivity contribution < 1.29 is 17.2 Å². The van der Waals surface area contributed by atoms with Crippen LogP contribution in [0.25, 0.3) is 0 Å². The normalized spacial score (nSPS) is 28.7. The molecule has 1 aliphatic carbocycles. The van der Waals surface area contributed by atoms with Crippen LogP contribution in [0.4, 0.5) is 8.78 Å². The van der Waals surface area contributed by atoms with Gasteiger partial charge in [-0.05, 0) is 12.8 Å². The Kier molecular flexibility index (Phi) is 2.88. The number of nitrogens with two attached hydrogens (primary N) is 1. The summed E-state index contributed by atoms with van der Waals surface area (Å²) in [6.45, 7) is 0. The van der Waals surface area contributed by atoms with Gasteiger partial charge >= 0.3 is 0 Å². The van der Waals surface area contributed by atoms with E-state index in [1.165, 1.54) is 0 Å². The van der Waals surface area contributed by atoms with Gasteiger partial charge in [-0.2, -0.15) is 13.1 Å². The van der Waals surface area contributed by atoms with E-state index in [1.54, 1.807) is 0 Å². The van der Waals surface area contributed by atoms with Crippen LogP contribution in [0.2, 0.25) is 0 Å². The van der Waals surface area contributed by atoms with Gasteiger partial charge in [-0.3, -0.25) is 0 Å². The molecule has 0 bridgehead atoms. The van der Waals surface area contributed by atoms with Crippen molar-refractivity contribution in [3.63, 3.8) is 0 Å². The van der Waals surface area contributed by atoms with Crippen molar-refractivity contribution >= 4 is 10.2 Å². The van der Waals surface area contributed by atoms with Gasteiger partial charge < -0.3 is 0 Å². The van der Waals surface area contributed by atoms with Crippen LogP contribution < -0.4 is 9.86 Å². The van der Waals surface area contributed by atoms with Gasteiger partial charge in [0, 0.05) is 18.9 Å². The first-order valence-electron chi connectivity index (χ1n) is 3.96. The van der Waals surface area contributed by atoms with E-state index >= 15 is 0 Å². The lowest BCUT2D eigenvalue weighted by Gasteiger charge is -2.28. The smallest absolute Gasteiger partial charge is 0.216 e. The van der Waals surface area contributed by atoms with Crippen molar-refractivity contribution in [2.45, 2.75) is 37.6 Å². The van der Waals surface area contributed by atoms with Crippen LogP contribution in [-0.2, 0) is 10.2 Å². The summed E-state index contributed by atoms with van der Waals surface area (Å²) in [7, 11) is -3.86. The maximum absolute atomic E-state index is 12.8. The Labute approximate surface area is 75.7 Å². The van der Waals surface area contributed by atoms with Crippen molar-refractivity contribution in [3.8, 4) is 0 Å². The highest BCUT2D eigenvalue weighted by atomic mass is 32.2. The van der Waals surface area contributed by atoms with Crippen molar-refractivity contribution in [3.05, 3.63) is 0 Å². The summed E-state index contributed by atoms with van der Waals surface area (Å²) in [6.07, 6.45) is 0.117. The van der Waals surface area contributed by atoms with Crippen LogP contribution in [0.5, 0.6) is 0 Å². The maximum Gasteiger partial charge on any atom is 0.274 e. The molecule has 0 aliphatic heterocycles. The number of hydrogen-bond acceptors (Lipinski definition) is 2. The Morgan fingerprint density at radius 1 is 1.46 bits per heavy atom. The molecular weight excluding hydrogens is 202 g/mol. The second kappa shape index (κ2) is 3.47. The van der Waals surface area contributed by atoms with E-state index in [0.29, 0.717) is 12.8 Å². The molecule has 1 aliphatic rings. The van der Waals surface area contributed by atoms with Crippen molar-refractivity contribution in [1.82, 2.24) is 4.72 Å². The van der Waals surface area contributed by atoms with Crippen molar-refractivity contribution in [1.29, 1.82) is 0 Å². The minimum Gasteiger partial charge on any atom is -0.216 e. The summed E-state index contributed by atoms with van der Waals surface area (Å²) in [4.78, 5) is 0. The van der Waals surface area contributed by atoms with Gasteiger partial charge in [-0.1, -0.05) is 0 Å². The standard InChI is InChI=1S/C6H12F2N2O2S/c7-6(8)3-1-2-5(4-6)10-13(9,11)12/h5,10H,1-4H2,(H2,9,11,12). The van der Waals surface area contributed by atoms with E-state index in [-0.39, 0.29) is 6.42 Å². The predicted molar refractivity (Wildman–Crippen MR) is 43.4 cm³/mol. The van der Waals surface area contributed by atoms with E-state index in [0.717, 1.165) is 0 Å². The molecule has 1 atom stereocenters. The van der Waals surface area contributed by atoms with Crippen LogP contribution in [0.3, 0.4) is 0 Å². The molecule has 1 unspecified atom stereocenters. The van der Waals surface area contributed by atoms with Gasteiger partial charge in [0.15, 0.2) is 0 Å². The molecule has 0 amide bonds. The zero-order valence-corrected chi connectivity index (χ0v) is 7.78. The van der Waals surface area contributed by atoms with Gasteiger partial charge in [0.25, 0.3) is 10.2 Å². The molecule has 1 fully saturated rings. The average Bonchev–Trinajstić information content (AvgIpc) is 1.79. The zero-order chi connectivity index (χ0) is 10.1. The summed E-state index contributed by atoms with van der Waals surface area (Å²) in [5.74, 6) is -2.76. The van der Waals surface area contributed by atoms with Crippen LogP contribution in [-0.4, -0.2) is 20.4 Å². The molecule has 0 spiro atoms. The third-order valence-electron chi connectivity index (χ3n) is 1.97. The Balaban J connectivity index is 2.53. The quantitative estimate of drug-likeness (QED) is 0.696.